The lowest BCUT2D eigenvalue weighted by atomic mass is 10.0. The summed E-state index contributed by atoms with van der Waals surface area (Å²) in [6, 6.07) is 9.16. The number of nitrogens with one attached hydrogen (secondary N) is 1. The fraction of sp³-hybridized carbons (Fsp3) is 0.381. The van der Waals surface area contributed by atoms with Crippen LogP contribution in [0.1, 0.15) is 19.3 Å². The zero-order chi connectivity index (χ0) is 19.3. The minimum absolute atomic E-state index is 0.102. The van der Waals surface area contributed by atoms with Crippen molar-refractivity contribution in [3.63, 3.8) is 0 Å². The highest BCUT2D eigenvalue weighted by Crippen LogP contribution is 2.37. The van der Waals surface area contributed by atoms with Gasteiger partial charge >= 0.3 is 0 Å². The summed E-state index contributed by atoms with van der Waals surface area (Å²) in [5.41, 5.74) is 5.24. The normalized spacial score (nSPS) is 21.9. The fourth-order valence-corrected chi connectivity index (χ4v) is 4.82. The highest BCUT2D eigenvalue weighted by Gasteiger charge is 2.36. The van der Waals surface area contributed by atoms with E-state index < -0.39 is 0 Å². The molecule has 3 heterocycles. The molecule has 0 spiro atoms. The SMILES string of the molecule is Cn1c(=O)c(-c2cccc(Cl)c2)cc2cnc(NN3CC4CCCC4C3)nc21. The summed E-state index contributed by atoms with van der Waals surface area (Å²) in [4.78, 5) is 22.0. The van der Waals surface area contributed by atoms with E-state index in [0.29, 0.717) is 22.2 Å². The lowest BCUT2D eigenvalue weighted by Crippen LogP contribution is -2.29. The van der Waals surface area contributed by atoms with E-state index in [2.05, 4.69) is 20.4 Å². The number of fused-ring (bicyclic) bond motifs is 2. The van der Waals surface area contributed by atoms with Crippen LogP contribution in [0.5, 0.6) is 0 Å². The molecule has 1 aliphatic carbocycles. The van der Waals surface area contributed by atoms with Crippen LogP contribution < -0.4 is 11.0 Å². The second-order valence-electron chi connectivity index (χ2n) is 7.87. The van der Waals surface area contributed by atoms with Gasteiger partial charge in [0.25, 0.3) is 5.56 Å². The highest BCUT2D eigenvalue weighted by molar-refractivity contribution is 6.30. The lowest BCUT2D eigenvalue weighted by Gasteiger charge is -2.18. The summed E-state index contributed by atoms with van der Waals surface area (Å²) in [6.45, 7) is 2.08. The number of rotatable bonds is 3. The summed E-state index contributed by atoms with van der Waals surface area (Å²) < 4.78 is 1.58. The van der Waals surface area contributed by atoms with Gasteiger partial charge in [0.05, 0.1) is 0 Å². The maximum atomic E-state index is 12.9. The molecule has 2 aliphatic rings. The van der Waals surface area contributed by atoms with E-state index in [4.69, 9.17) is 11.6 Å². The van der Waals surface area contributed by atoms with Crippen molar-refractivity contribution in [2.45, 2.75) is 19.3 Å². The number of hydrogen-bond acceptors (Lipinski definition) is 5. The molecular weight excluding hydrogens is 374 g/mol. The molecule has 1 N–H and O–H groups in total. The average molecular weight is 396 g/mol. The van der Waals surface area contributed by atoms with E-state index in [1.54, 1.807) is 29.9 Å². The number of hydrazine groups is 1. The van der Waals surface area contributed by atoms with Crippen LogP contribution in [0.4, 0.5) is 5.95 Å². The van der Waals surface area contributed by atoms with Gasteiger partial charge in [-0.15, -0.1) is 0 Å². The van der Waals surface area contributed by atoms with Crippen molar-refractivity contribution in [3.05, 3.63) is 51.9 Å². The monoisotopic (exact) mass is 395 g/mol. The Morgan fingerprint density at radius 2 is 1.96 bits per heavy atom. The van der Waals surface area contributed by atoms with Gasteiger partial charge in [-0.1, -0.05) is 30.2 Å². The molecule has 2 atom stereocenters. The van der Waals surface area contributed by atoms with Gasteiger partial charge in [0.15, 0.2) is 0 Å². The van der Waals surface area contributed by atoms with E-state index in [1.807, 2.05) is 18.2 Å². The third-order valence-electron chi connectivity index (χ3n) is 6.07. The van der Waals surface area contributed by atoms with Crippen molar-refractivity contribution in [2.24, 2.45) is 18.9 Å². The molecule has 7 heteroatoms. The molecular formula is C21H22ClN5O. The third-order valence-corrected chi connectivity index (χ3v) is 6.30. The van der Waals surface area contributed by atoms with E-state index in [-0.39, 0.29) is 5.56 Å². The maximum absolute atomic E-state index is 12.9. The number of aromatic nitrogens is 3. The zero-order valence-corrected chi connectivity index (χ0v) is 16.5. The topological polar surface area (TPSA) is 63.1 Å². The van der Waals surface area contributed by atoms with E-state index in [0.717, 1.165) is 35.9 Å². The van der Waals surface area contributed by atoms with Gasteiger partial charge in [0.1, 0.15) is 5.65 Å². The molecule has 1 saturated heterocycles. The average Bonchev–Trinajstić information content (AvgIpc) is 3.26. The third kappa shape index (κ3) is 3.06. The molecule has 3 aromatic rings. The lowest BCUT2D eigenvalue weighted by molar-refractivity contribution is 0.369. The first-order valence-corrected chi connectivity index (χ1v) is 10.1. The first kappa shape index (κ1) is 17.6. The maximum Gasteiger partial charge on any atom is 0.259 e. The van der Waals surface area contributed by atoms with E-state index >= 15 is 0 Å². The molecule has 144 valence electrons. The molecule has 2 unspecified atom stereocenters. The van der Waals surface area contributed by atoms with Crippen molar-refractivity contribution in [1.82, 2.24) is 19.5 Å². The summed E-state index contributed by atoms with van der Waals surface area (Å²) in [5, 5.41) is 3.64. The van der Waals surface area contributed by atoms with Crippen molar-refractivity contribution < 1.29 is 0 Å². The van der Waals surface area contributed by atoms with Crippen LogP contribution in [0.15, 0.2) is 41.3 Å². The predicted molar refractivity (Wildman–Crippen MR) is 111 cm³/mol. The molecule has 0 radical (unpaired) electrons. The smallest absolute Gasteiger partial charge is 0.259 e. The van der Waals surface area contributed by atoms with Crippen LogP contribution >= 0.6 is 11.6 Å². The van der Waals surface area contributed by atoms with E-state index in [9.17, 15) is 4.79 Å². The van der Waals surface area contributed by atoms with Gasteiger partial charge in [-0.25, -0.2) is 9.99 Å². The van der Waals surface area contributed by atoms with Gasteiger partial charge in [0.2, 0.25) is 5.95 Å². The van der Waals surface area contributed by atoms with Crippen molar-refractivity contribution in [3.8, 4) is 11.1 Å². The largest absolute Gasteiger partial charge is 0.295 e. The van der Waals surface area contributed by atoms with Crippen LogP contribution in [0, 0.1) is 11.8 Å². The minimum atomic E-state index is -0.102. The predicted octanol–water partition coefficient (Wildman–Crippen LogP) is 3.71. The Hall–Kier alpha value is -2.44. The molecule has 2 aromatic heterocycles. The number of nitrogens with zero attached hydrogens (tertiary/aromatic N) is 4. The number of anilines is 1. The number of halogens is 1. The molecule has 28 heavy (non-hydrogen) atoms. The minimum Gasteiger partial charge on any atom is -0.295 e. The van der Waals surface area contributed by atoms with Crippen LogP contribution in [0.25, 0.3) is 22.2 Å². The van der Waals surface area contributed by atoms with Gasteiger partial charge in [0, 0.05) is 42.3 Å². The molecule has 6 nitrogen and oxygen atoms in total. The second-order valence-corrected chi connectivity index (χ2v) is 8.31. The molecule has 2 fully saturated rings. The van der Waals surface area contributed by atoms with Gasteiger partial charge in [-0.05, 0) is 48.4 Å². The van der Waals surface area contributed by atoms with Crippen LogP contribution in [0.3, 0.4) is 0 Å². The Kier molecular flexibility index (Phi) is 4.33. The zero-order valence-electron chi connectivity index (χ0n) is 15.7. The molecule has 1 saturated carbocycles. The number of hydrogen-bond donors (Lipinski definition) is 1. The summed E-state index contributed by atoms with van der Waals surface area (Å²) in [5.74, 6) is 2.12. The summed E-state index contributed by atoms with van der Waals surface area (Å²) >= 11 is 6.10. The molecule has 1 aromatic carbocycles. The fourth-order valence-electron chi connectivity index (χ4n) is 4.63. The van der Waals surface area contributed by atoms with Crippen LogP contribution in [-0.4, -0.2) is 32.6 Å². The standard InChI is InChI=1S/C21H22ClN5O/c1-26-19-16(9-18(20(26)28)13-4-3-7-17(22)8-13)10-23-21(24-19)25-27-11-14-5-2-6-15(14)12-27/h3-4,7-10,14-15H,2,5-6,11-12H2,1H3,(H,23,24,25). The Bertz CT molecular complexity index is 1100. The van der Waals surface area contributed by atoms with Gasteiger partial charge < -0.3 is 0 Å². The molecule has 0 bridgehead atoms. The second kappa shape index (κ2) is 6.87. The summed E-state index contributed by atoms with van der Waals surface area (Å²) in [7, 11) is 1.75. The van der Waals surface area contributed by atoms with Crippen molar-refractivity contribution in [1.29, 1.82) is 0 Å². The molecule has 0 amide bonds. The first-order chi connectivity index (χ1) is 13.6. The Morgan fingerprint density at radius 1 is 1.18 bits per heavy atom. The number of pyridine rings is 1. The van der Waals surface area contributed by atoms with Gasteiger partial charge in [-0.2, -0.15) is 4.98 Å². The first-order valence-electron chi connectivity index (χ1n) is 9.73. The molecule has 5 rings (SSSR count). The highest BCUT2D eigenvalue weighted by atomic mass is 35.5. The quantitative estimate of drug-likeness (QED) is 0.732. The Balaban J connectivity index is 1.48. The Labute approximate surface area is 168 Å². The van der Waals surface area contributed by atoms with Crippen LogP contribution in [0.2, 0.25) is 5.02 Å². The number of aryl methyl sites for hydroxylation is 1. The Morgan fingerprint density at radius 3 is 2.71 bits per heavy atom. The van der Waals surface area contributed by atoms with Crippen molar-refractivity contribution >= 4 is 28.6 Å². The van der Waals surface area contributed by atoms with Gasteiger partial charge in [-0.3, -0.25) is 14.8 Å². The van der Waals surface area contributed by atoms with Crippen molar-refractivity contribution in [2.75, 3.05) is 18.5 Å². The number of benzene rings is 1. The summed E-state index contributed by atoms with van der Waals surface area (Å²) in [6.07, 6.45) is 5.77. The van der Waals surface area contributed by atoms with E-state index in [1.165, 1.54) is 19.3 Å². The van der Waals surface area contributed by atoms with Crippen LogP contribution in [-0.2, 0) is 7.05 Å². The molecule has 1 aliphatic heterocycles.